The number of esters is 1. The van der Waals surface area contributed by atoms with Crippen molar-refractivity contribution in [3.8, 4) is 5.75 Å². The van der Waals surface area contributed by atoms with E-state index in [-0.39, 0.29) is 12.5 Å². The van der Waals surface area contributed by atoms with Gasteiger partial charge in [0.25, 0.3) is 5.91 Å². The van der Waals surface area contributed by atoms with E-state index in [2.05, 4.69) is 5.32 Å². The number of methoxy groups -OCH3 is 1. The number of amides is 1. The highest BCUT2D eigenvalue weighted by Crippen LogP contribution is 2.24. The molecular formula is C23H23NO6. The van der Waals surface area contributed by atoms with Crippen molar-refractivity contribution in [2.75, 3.05) is 19.0 Å². The lowest BCUT2D eigenvalue weighted by atomic mass is 10.1. The summed E-state index contributed by atoms with van der Waals surface area (Å²) in [4.78, 5) is 35.8. The van der Waals surface area contributed by atoms with Crippen molar-refractivity contribution in [1.29, 1.82) is 0 Å². The van der Waals surface area contributed by atoms with Crippen LogP contribution in [-0.2, 0) is 16.0 Å². The van der Waals surface area contributed by atoms with Crippen LogP contribution in [0.15, 0.2) is 51.7 Å². The van der Waals surface area contributed by atoms with E-state index in [0.717, 1.165) is 29.4 Å². The SMILES string of the molecule is CCCc1cc(=O)oc2cc(OCC(=O)Nc3cc(C(=O)OC)ccc3C)ccc12. The van der Waals surface area contributed by atoms with Crippen LogP contribution in [0.3, 0.4) is 0 Å². The van der Waals surface area contributed by atoms with E-state index in [9.17, 15) is 14.4 Å². The van der Waals surface area contributed by atoms with E-state index >= 15 is 0 Å². The zero-order chi connectivity index (χ0) is 21.7. The summed E-state index contributed by atoms with van der Waals surface area (Å²) in [5, 5.41) is 3.58. The molecule has 7 heteroatoms. The lowest BCUT2D eigenvalue weighted by Gasteiger charge is -2.11. The second-order valence-corrected chi connectivity index (χ2v) is 6.86. The molecule has 3 rings (SSSR count). The van der Waals surface area contributed by atoms with Crippen LogP contribution in [0.5, 0.6) is 5.75 Å². The van der Waals surface area contributed by atoms with E-state index in [0.29, 0.717) is 22.6 Å². The molecule has 30 heavy (non-hydrogen) atoms. The number of carbonyl (C=O) groups is 2. The third kappa shape index (κ3) is 4.86. The quantitative estimate of drug-likeness (QED) is 0.470. The first-order valence-electron chi connectivity index (χ1n) is 9.59. The molecule has 0 unspecified atom stereocenters. The van der Waals surface area contributed by atoms with Crippen LogP contribution in [0.4, 0.5) is 5.69 Å². The van der Waals surface area contributed by atoms with Gasteiger partial charge in [0.2, 0.25) is 0 Å². The number of carbonyl (C=O) groups excluding carboxylic acids is 2. The molecule has 2 aromatic carbocycles. The predicted octanol–water partition coefficient (Wildman–Crippen LogP) is 3.86. The number of benzene rings is 2. The number of rotatable bonds is 7. The minimum atomic E-state index is -0.484. The molecule has 1 amide bonds. The Morgan fingerprint density at radius 3 is 2.63 bits per heavy atom. The van der Waals surface area contributed by atoms with Gasteiger partial charge in [-0.05, 0) is 48.7 Å². The average Bonchev–Trinajstić information content (AvgIpc) is 2.73. The molecule has 0 radical (unpaired) electrons. The monoisotopic (exact) mass is 409 g/mol. The highest BCUT2D eigenvalue weighted by atomic mass is 16.5. The molecule has 0 atom stereocenters. The molecule has 7 nitrogen and oxygen atoms in total. The predicted molar refractivity (Wildman–Crippen MR) is 113 cm³/mol. The Morgan fingerprint density at radius 2 is 1.90 bits per heavy atom. The number of ether oxygens (including phenoxy) is 2. The van der Waals surface area contributed by atoms with Gasteiger partial charge in [0.15, 0.2) is 6.61 Å². The molecule has 156 valence electrons. The smallest absolute Gasteiger partial charge is 0.337 e. The molecule has 0 spiro atoms. The molecule has 0 aliphatic rings. The van der Waals surface area contributed by atoms with E-state index in [1.165, 1.54) is 13.2 Å². The zero-order valence-corrected chi connectivity index (χ0v) is 17.1. The normalized spacial score (nSPS) is 10.6. The number of fused-ring (bicyclic) bond motifs is 1. The van der Waals surface area contributed by atoms with Gasteiger partial charge >= 0.3 is 11.6 Å². The molecule has 0 aliphatic heterocycles. The van der Waals surface area contributed by atoms with Crippen LogP contribution >= 0.6 is 0 Å². The van der Waals surface area contributed by atoms with Gasteiger partial charge in [-0.2, -0.15) is 0 Å². The number of hydrogen-bond donors (Lipinski definition) is 1. The van der Waals surface area contributed by atoms with E-state index in [1.54, 1.807) is 30.3 Å². The molecular weight excluding hydrogens is 386 g/mol. The lowest BCUT2D eigenvalue weighted by Crippen LogP contribution is -2.21. The Labute approximate surface area is 173 Å². The second-order valence-electron chi connectivity index (χ2n) is 6.86. The summed E-state index contributed by atoms with van der Waals surface area (Å²) in [7, 11) is 1.30. The fraction of sp³-hybridized carbons (Fsp3) is 0.261. The highest BCUT2D eigenvalue weighted by Gasteiger charge is 2.12. The first-order valence-corrected chi connectivity index (χ1v) is 9.59. The maximum absolute atomic E-state index is 12.3. The van der Waals surface area contributed by atoms with Crippen molar-refractivity contribution in [2.24, 2.45) is 0 Å². The zero-order valence-electron chi connectivity index (χ0n) is 17.1. The van der Waals surface area contributed by atoms with Crippen LogP contribution < -0.4 is 15.7 Å². The summed E-state index contributed by atoms with van der Waals surface area (Å²) in [5.74, 6) is -0.460. The maximum Gasteiger partial charge on any atom is 0.337 e. The topological polar surface area (TPSA) is 94.8 Å². The highest BCUT2D eigenvalue weighted by molar-refractivity contribution is 5.96. The van der Waals surface area contributed by atoms with Gasteiger partial charge in [-0.25, -0.2) is 9.59 Å². The molecule has 1 N–H and O–H groups in total. The molecule has 3 aromatic rings. The van der Waals surface area contributed by atoms with Gasteiger partial charge in [-0.1, -0.05) is 19.4 Å². The first kappa shape index (κ1) is 21.1. The molecule has 0 saturated heterocycles. The molecule has 0 fully saturated rings. The fourth-order valence-corrected chi connectivity index (χ4v) is 3.11. The third-order valence-electron chi connectivity index (χ3n) is 4.62. The van der Waals surface area contributed by atoms with Crippen LogP contribution in [-0.4, -0.2) is 25.6 Å². The first-order chi connectivity index (χ1) is 14.4. The minimum Gasteiger partial charge on any atom is -0.484 e. The summed E-state index contributed by atoms with van der Waals surface area (Å²) < 4.78 is 15.5. The molecule has 0 aliphatic carbocycles. The Balaban J connectivity index is 1.71. The number of hydrogen-bond acceptors (Lipinski definition) is 6. The summed E-state index contributed by atoms with van der Waals surface area (Å²) in [6.07, 6.45) is 1.68. The van der Waals surface area contributed by atoms with Crippen molar-refractivity contribution in [3.63, 3.8) is 0 Å². The van der Waals surface area contributed by atoms with Gasteiger partial charge in [0.05, 0.1) is 12.7 Å². The summed E-state index contributed by atoms with van der Waals surface area (Å²) in [5.41, 5.74) is 2.57. The Bertz CT molecular complexity index is 1150. The van der Waals surface area contributed by atoms with Gasteiger partial charge in [-0.3, -0.25) is 4.79 Å². The van der Waals surface area contributed by atoms with E-state index < -0.39 is 11.6 Å². The van der Waals surface area contributed by atoms with Crippen molar-refractivity contribution in [2.45, 2.75) is 26.7 Å². The number of nitrogens with one attached hydrogen (secondary N) is 1. The van der Waals surface area contributed by atoms with Crippen LogP contribution in [0.1, 0.15) is 34.8 Å². The van der Waals surface area contributed by atoms with Gasteiger partial charge in [-0.15, -0.1) is 0 Å². The Hall–Kier alpha value is -3.61. The molecule has 1 aromatic heterocycles. The molecule has 0 bridgehead atoms. The Kier molecular flexibility index (Phi) is 6.51. The van der Waals surface area contributed by atoms with E-state index in [1.807, 2.05) is 19.9 Å². The van der Waals surface area contributed by atoms with Crippen molar-refractivity contribution < 1.29 is 23.5 Å². The number of anilines is 1. The van der Waals surface area contributed by atoms with Gasteiger partial charge < -0.3 is 19.2 Å². The summed E-state index contributed by atoms with van der Waals surface area (Å²) in [6.45, 7) is 3.61. The summed E-state index contributed by atoms with van der Waals surface area (Å²) in [6, 6.07) is 11.6. The third-order valence-corrected chi connectivity index (χ3v) is 4.62. The van der Waals surface area contributed by atoms with E-state index in [4.69, 9.17) is 13.9 Å². The van der Waals surface area contributed by atoms with Crippen molar-refractivity contribution in [3.05, 3.63) is 69.6 Å². The van der Waals surface area contributed by atoms with Gasteiger partial charge in [0.1, 0.15) is 11.3 Å². The molecule has 0 saturated carbocycles. The number of aryl methyl sites for hydroxylation is 2. The fourth-order valence-electron chi connectivity index (χ4n) is 3.11. The van der Waals surface area contributed by atoms with Crippen molar-refractivity contribution in [1.82, 2.24) is 0 Å². The lowest BCUT2D eigenvalue weighted by molar-refractivity contribution is -0.118. The molecule has 1 heterocycles. The Morgan fingerprint density at radius 1 is 1.10 bits per heavy atom. The minimum absolute atomic E-state index is 0.244. The van der Waals surface area contributed by atoms with Crippen LogP contribution in [0.25, 0.3) is 11.0 Å². The average molecular weight is 409 g/mol. The second kappa shape index (κ2) is 9.26. The largest absolute Gasteiger partial charge is 0.484 e. The van der Waals surface area contributed by atoms with Crippen molar-refractivity contribution >= 4 is 28.5 Å². The standard InChI is InChI=1S/C23H23NO6/c1-4-5-15-11-22(26)30-20-12-17(8-9-18(15)20)29-13-21(25)24-19-10-16(23(27)28-3)7-6-14(19)2/h6-12H,4-5,13H2,1-3H3,(H,24,25). The summed E-state index contributed by atoms with van der Waals surface area (Å²) >= 11 is 0. The van der Waals surface area contributed by atoms with Crippen LogP contribution in [0.2, 0.25) is 0 Å². The van der Waals surface area contributed by atoms with Crippen LogP contribution in [0, 0.1) is 6.92 Å². The van der Waals surface area contributed by atoms with Gasteiger partial charge in [0, 0.05) is 23.2 Å². The maximum atomic E-state index is 12.3.